The Balaban J connectivity index is 0.00000288. The number of hydrogen-bond donors (Lipinski definition) is 1. The number of nitrogens with one attached hydrogen (secondary N) is 1. The summed E-state index contributed by atoms with van der Waals surface area (Å²) >= 11 is 5.84. The molecule has 2 aromatic rings. The second kappa shape index (κ2) is 10.3. The summed E-state index contributed by atoms with van der Waals surface area (Å²) in [6.07, 6.45) is 0. The highest BCUT2D eigenvalue weighted by Crippen LogP contribution is 2.15. The number of ether oxygens (including phenoxy) is 1. The molecule has 9 heteroatoms. The molecule has 0 aliphatic heterocycles. The van der Waals surface area contributed by atoms with Crippen molar-refractivity contribution in [2.45, 2.75) is 13.5 Å². The molecule has 1 N–H and O–H groups in total. The maximum absolute atomic E-state index is 5.84. The minimum Gasteiger partial charge on any atom is -0.492 e. The van der Waals surface area contributed by atoms with Crippen molar-refractivity contribution in [2.24, 2.45) is 4.99 Å². The molecule has 0 aliphatic rings. The van der Waals surface area contributed by atoms with Crippen LogP contribution >= 0.6 is 35.6 Å². The molecule has 1 aromatic heterocycles. The van der Waals surface area contributed by atoms with Crippen LogP contribution in [0.3, 0.4) is 0 Å². The lowest BCUT2D eigenvalue weighted by atomic mass is 10.3. The molecule has 132 valence electrons. The number of halogens is 2. The van der Waals surface area contributed by atoms with E-state index in [2.05, 4.69) is 20.4 Å². The maximum Gasteiger partial charge on any atom is 0.223 e. The third-order valence-corrected chi connectivity index (χ3v) is 3.31. The molecule has 0 bridgehead atoms. The molecule has 0 amide bonds. The van der Waals surface area contributed by atoms with Crippen LogP contribution in [0.25, 0.3) is 0 Å². The Kier molecular flexibility index (Phi) is 8.83. The Morgan fingerprint density at radius 2 is 2.08 bits per heavy atom. The van der Waals surface area contributed by atoms with Crippen molar-refractivity contribution in [1.29, 1.82) is 0 Å². The Morgan fingerprint density at radius 1 is 1.38 bits per heavy atom. The van der Waals surface area contributed by atoms with Crippen molar-refractivity contribution >= 4 is 41.5 Å². The number of hydrogen-bond acceptors (Lipinski definition) is 5. The van der Waals surface area contributed by atoms with E-state index in [9.17, 15) is 0 Å². The van der Waals surface area contributed by atoms with E-state index >= 15 is 0 Å². The van der Waals surface area contributed by atoms with Crippen molar-refractivity contribution in [3.8, 4) is 5.75 Å². The molecule has 0 aliphatic carbocycles. The lowest BCUT2D eigenvalue weighted by Gasteiger charge is -2.21. The fraction of sp³-hybridized carbons (Fsp3) is 0.400. The zero-order chi connectivity index (χ0) is 16.7. The maximum atomic E-state index is 5.84. The summed E-state index contributed by atoms with van der Waals surface area (Å²) < 4.78 is 10.6. The molecule has 0 atom stereocenters. The van der Waals surface area contributed by atoms with Crippen LogP contribution in [-0.4, -0.2) is 48.2 Å². The molecule has 24 heavy (non-hydrogen) atoms. The molecule has 0 spiro atoms. The first-order valence-electron chi connectivity index (χ1n) is 7.18. The molecular weight excluding hydrogens is 445 g/mol. The Bertz CT molecular complexity index is 648. The average molecular weight is 466 g/mol. The second-order valence-electron chi connectivity index (χ2n) is 4.85. The van der Waals surface area contributed by atoms with Crippen LogP contribution in [0.1, 0.15) is 11.7 Å². The summed E-state index contributed by atoms with van der Waals surface area (Å²) in [6, 6.07) is 7.28. The summed E-state index contributed by atoms with van der Waals surface area (Å²) in [7, 11) is 3.66. The van der Waals surface area contributed by atoms with Gasteiger partial charge in [0.25, 0.3) is 0 Å². The first kappa shape index (κ1) is 20.5. The van der Waals surface area contributed by atoms with Gasteiger partial charge in [-0.25, -0.2) is 0 Å². The van der Waals surface area contributed by atoms with Crippen molar-refractivity contribution in [1.82, 2.24) is 20.4 Å². The third kappa shape index (κ3) is 6.52. The van der Waals surface area contributed by atoms with Crippen molar-refractivity contribution in [3.05, 3.63) is 41.0 Å². The lowest BCUT2D eigenvalue weighted by Crippen LogP contribution is -2.40. The fourth-order valence-corrected chi connectivity index (χ4v) is 2.02. The highest BCUT2D eigenvalue weighted by molar-refractivity contribution is 14.0. The van der Waals surface area contributed by atoms with E-state index in [1.807, 2.05) is 24.1 Å². The van der Waals surface area contributed by atoms with Gasteiger partial charge in [-0.15, -0.1) is 24.0 Å². The van der Waals surface area contributed by atoms with Gasteiger partial charge < -0.3 is 19.5 Å². The Hall–Kier alpha value is -1.55. The van der Waals surface area contributed by atoms with E-state index in [1.54, 1.807) is 26.1 Å². The molecule has 0 fully saturated rings. The first-order valence-corrected chi connectivity index (χ1v) is 7.55. The predicted octanol–water partition coefficient (Wildman–Crippen LogP) is 2.74. The topological polar surface area (TPSA) is 75.8 Å². The SMILES string of the molecule is CN=C(NCc1noc(C)n1)N(C)CCOc1ccc(Cl)cc1.I. The lowest BCUT2D eigenvalue weighted by molar-refractivity contribution is 0.281. The van der Waals surface area contributed by atoms with Gasteiger partial charge in [-0.1, -0.05) is 16.8 Å². The van der Waals surface area contributed by atoms with Crippen LogP contribution in [-0.2, 0) is 6.54 Å². The van der Waals surface area contributed by atoms with Crippen LogP contribution in [0.15, 0.2) is 33.8 Å². The highest BCUT2D eigenvalue weighted by atomic mass is 127. The molecule has 0 unspecified atom stereocenters. The number of nitrogens with zero attached hydrogens (tertiary/aromatic N) is 4. The smallest absolute Gasteiger partial charge is 0.223 e. The van der Waals surface area contributed by atoms with Gasteiger partial charge in [0, 0.05) is 26.0 Å². The van der Waals surface area contributed by atoms with E-state index in [1.165, 1.54) is 0 Å². The van der Waals surface area contributed by atoms with Crippen LogP contribution in [0.4, 0.5) is 0 Å². The van der Waals surface area contributed by atoms with Gasteiger partial charge in [0.2, 0.25) is 5.89 Å². The number of aliphatic imine (C=N–C) groups is 1. The molecule has 0 radical (unpaired) electrons. The first-order chi connectivity index (χ1) is 11.1. The minimum atomic E-state index is 0. The third-order valence-electron chi connectivity index (χ3n) is 3.06. The van der Waals surface area contributed by atoms with Gasteiger partial charge in [-0.05, 0) is 24.3 Å². The summed E-state index contributed by atoms with van der Waals surface area (Å²) in [5.41, 5.74) is 0. The van der Waals surface area contributed by atoms with Crippen LogP contribution in [0.5, 0.6) is 5.75 Å². The zero-order valence-electron chi connectivity index (χ0n) is 13.8. The molecular formula is C15H21ClIN5O2. The summed E-state index contributed by atoms with van der Waals surface area (Å²) in [4.78, 5) is 10.3. The number of rotatable bonds is 6. The van der Waals surface area contributed by atoms with Gasteiger partial charge in [0.1, 0.15) is 12.4 Å². The largest absolute Gasteiger partial charge is 0.492 e. The fourth-order valence-electron chi connectivity index (χ4n) is 1.89. The van der Waals surface area contributed by atoms with Crippen molar-refractivity contribution in [2.75, 3.05) is 27.2 Å². The second-order valence-corrected chi connectivity index (χ2v) is 5.29. The van der Waals surface area contributed by atoms with Gasteiger partial charge in [-0.2, -0.15) is 4.98 Å². The molecule has 0 saturated heterocycles. The van der Waals surface area contributed by atoms with Gasteiger partial charge in [-0.3, -0.25) is 4.99 Å². The summed E-state index contributed by atoms with van der Waals surface area (Å²) in [5.74, 6) is 2.65. The quantitative estimate of drug-likeness (QED) is 0.402. The van der Waals surface area contributed by atoms with E-state index in [0.717, 1.165) is 11.7 Å². The van der Waals surface area contributed by atoms with E-state index in [0.29, 0.717) is 36.4 Å². The number of likely N-dealkylation sites (N-methyl/N-ethyl adjacent to an activating group) is 1. The minimum absolute atomic E-state index is 0. The van der Waals surface area contributed by atoms with Gasteiger partial charge in [0.05, 0.1) is 13.1 Å². The Labute approximate surface area is 163 Å². The van der Waals surface area contributed by atoms with Crippen LogP contribution in [0.2, 0.25) is 5.02 Å². The standard InChI is InChI=1S/C15H20ClN5O2.HI/c1-11-19-14(20-23-11)10-18-15(17-2)21(3)8-9-22-13-6-4-12(16)5-7-13;/h4-7H,8-10H2,1-3H3,(H,17,18);1H. The van der Waals surface area contributed by atoms with E-state index < -0.39 is 0 Å². The number of benzene rings is 1. The van der Waals surface area contributed by atoms with E-state index in [-0.39, 0.29) is 24.0 Å². The molecule has 2 rings (SSSR count). The molecule has 1 aromatic carbocycles. The van der Waals surface area contributed by atoms with Crippen molar-refractivity contribution in [3.63, 3.8) is 0 Å². The summed E-state index contributed by atoms with van der Waals surface area (Å²) in [5, 5.41) is 7.70. The monoisotopic (exact) mass is 465 g/mol. The number of guanidine groups is 1. The van der Waals surface area contributed by atoms with Gasteiger partial charge in [0.15, 0.2) is 11.8 Å². The number of aromatic nitrogens is 2. The normalized spacial score (nSPS) is 10.9. The average Bonchev–Trinajstić information content (AvgIpc) is 2.95. The van der Waals surface area contributed by atoms with Crippen molar-refractivity contribution < 1.29 is 9.26 Å². The Morgan fingerprint density at radius 3 is 2.67 bits per heavy atom. The van der Waals surface area contributed by atoms with E-state index in [4.69, 9.17) is 20.9 Å². The highest BCUT2D eigenvalue weighted by Gasteiger charge is 2.08. The predicted molar refractivity (Wildman–Crippen MR) is 104 cm³/mol. The summed E-state index contributed by atoms with van der Waals surface area (Å²) in [6.45, 7) is 3.41. The van der Waals surface area contributed by atoms with Gasteiger partial charge >= 0.3 is 0 Å². The molecule has 0 saturated carbocycles. The zero-order valence-corrected chi connectivity index (χ0v) is 16.9. The number of aryl methyl sites for hydroxylation is 1. The molecule has 1 heterocycles. The molecule has 7 nitrogen and oxygen atoms in total. The van der Waals surface area contributed by atoms with Crippen LogP contribution < -0.4 is 10.1 Å². The van der Waals surface area contributed by atoms with Crippen LogP contribution in [0, 0.1) is 6.92 Å².